The van der Waals surface area contributed by atoms with Crippen LogP contribution >= 0.6 is 0 Å². The van der Waals surface area contributed by atoms with Crippen LogP contribution in [0.2, 0.25) is 0 Å². The van der Waals surface area contributed by atoms with Crippen molar-refractivity contribution in [1.82, 2.24) is 14.5 Å². The van der Waals surface area contributed by atoms with E-state index in [0.29, 0.717) is 25.1 Å². The number of aliphatic carboxylic acids is 1. The largest absolute Gasteiger partial charge is 0.481 e. The minimum absolute atomic E-state index is 0.0798. The molecule has 0 bridgehead atoms. The number of aromatic nitrogens is 2. The Morgan fingerprint density at radius 1 is 1.31 bits per heavy atom. The van der Waals surface area contributed by atoms with E-state index in [2.05, 4.69) is 9.55 Å². The van der Waals surface area contributed by atoms with Crippen molar-refractivity contribution in [2.24, 2.45) is 5.92 Å². The van der Waals surface area contributed by atoms with Gasteiger partial charge in [0.15, 0.2) is 0 Å². The summed E-state index contributed by atoms with van der Waals surface area (Å²) in [4.78, 5) is 30.6. The van der Waals surface area contributed by atoms with E-state index in [1.165, 1.54) is 0 Å². The average molecular weight is 355 g/mol. The highest BCUT2D eigenvalue weighted by Gasteiger charge is 2.36. The van der Waals surface area contributed by atoms with Gasteiger partial charge < -0.3 is 14.6 Å². The van der Waals surface area contributed by atoms with Crippen molar-refractivity contribution in [2.45, 2.75) is 46.2 Å². The predicted molar refractivity (Wildman–Crippen MR) is 98.1 cm³/mol. The molecule has 26 heavy (non-hydrogen) atoms. The van der Waals surface area contributed by atoms with Crippen LogP contribution in [0.4, 0.5) is 0 Å². The minimum atomic E-state index is -0.823. The molecule has 0 radical (unpaired) electrons. The summed E-state index contributed by atoms with van der Waals surface area (Å²) in [6.45, 7) is 6.97. The fraction of sp³-hybridized carbons (Fsp3) is 0.450. The topological polar surface area (TPSA) is 75.4 Å². The van der Waals surface area contributed by atoms with Crippen molar-refractivity contribution in [3.8, 4) is 0 Å². The Kier molecular flexibility index (Phi) is 5.11. The second-order valence-electron chi connectivity index (χ2n) is 7.02. The van der Waals surface area contributed by atoms with Gasteiger partial charge in [0, 0.05) is 30.2 Å². The predicted octanol–water partition coefficient (Wildman–Crippen LogP) is 2.87. The van der Waals surface area contributed by atoms with Gasteiger partial charge in [-0.05, 0) is 51.8 Å². The number of likely N-dealkylation sites (tertiary alicyclic amines) is 1. The van der Waals surface area contributed by atoms with Crippen LogP contribution in [0.1, 0.15) is 47.2 Å². The summed E-state index contributed by atoms with van der Waals surface area (Å²) in [6, 6.07) is 7.39. The van der Waals surface area contributed by atoms with Crippen LogP contribution in [0.5, 0.6) is 0 Å². The number of carboxylic acid groups (broad SMARTS) is 1. The molecular weight excluding hydrogens is 330 g/mol. The lowest BCUT2D eigenvalue weighted by Gasteiger charge is -2.37. The molecule has 6 nitrogen and oxygen atoms in total. The smallest absolute Gasteiger partial charge is 0.308 e. The SMILES string of the molecule is Cc1cc(C(=O)N2CCC[C@@H](C(=O)O)[C@H]2C)c(C)n1Cc1ccccn1. The Morgan fingerprint density at radius 3 is 2.73 bits per heavy atom. The van der Waals surface area contributed by atoms with Crippen LogP contribution in [-0.2, 0) is 11.3 Å². The molecule has 1 aliphatic heterocycles. The van der Waals surface area contributed by atoms with Gasteiger partial charge in [-0.3, -0.25) is 14.6 Å². The highest BCUT2D eigenvalue weighted by Crippen LogP contribution is 2.27. The van der Waals surface area contributed by atoms with Crippen LogP contribution in [0.3, 0.4) is 0 Å². The maximum Gasteiger partial charge on any atom is 0.308 e. The quantitative estimate of drug-likeness (QED) is 0.915. The van der Waals surface area contributed by atoms with E-state index < -0.39 is 11.9 Å². The Bertz CT molecular complexity index is 813. The summed E-state index contributed by atoms with van der Waals surface area (Å²) in [5.74, 6) is -1.40. The summed E-state index contributed by atoms with van der Waals surface area (Å²) in [6.07, 6.45) is 3.11. The summed E-state index contributed by atoms with van der Waals surface area (Å²) < 4.78 is 2.08. The van der Waals surface area contributed by atoms with Crippen LogP contribution in [-0.4, -0.2) is 44.0 Å². The first-order chi connectivity index (χ1) is 12.4. The molecule has 6 heteroatoms. The molecule has 0 aliphatic carbocycles. The molecule has 1 amide bonds. The van der Waals surface area contributed by atoms with Crippen molar-refractivity contribution in [2.75, 3.05) is 6.54 Å². The molecule has 2 atom stereocenters. The van der Waals surface area contributed by atoms with E-state index in [0.717, 1.165) is 23.5 Å². The number of nitrogens with zero attached hydrogens (tertiary/aromatic N) is 3. The van der Waals surface area contributed by atoms with Gasteiger partial charge in [-0.2, -0.15) is 0 Å². The monoisotopic (exact) mass is 355 g/mol. The van der Waals surface area contributed by atoms with Gasteiger partial charge in [0.05, 0.1) is 23.7 Å². The third-order valence-corrected chi connectivity index (χ3v) is 5.42. The summed E-state index contributed by atoms with van der Waals surface area (Å²) in [7, 11) is 0. The molecule has 3 rings (SSSR count). The first kappa shape index (κ1) is 18.2. The van der Waals surface area contributed by atoms with Crippen molar-refractivity contribution >= 4 is 11.9 Å². The van der Waals surface area contributed by atoms with E-state index in [1.54, 1.807) is 11.1 Å². The number of hydrogen-bond acceptors (Lipinski definition) is 3. The zero-order valence-electron chi connectivity index (χ0n) is 15.5. The Balaban J connectivity index is 1.86. The number of hydrogen-bond donors (Lipinski definition) is 1. The van der Waals surface area contributed by atoms with Gasteiger partial charge in [0.2, 0.25) is 0 Å². The Hall–Kier alpha value is -2.63. The van der Waals surface area contributed by atoms with Crippen LogP contribution in [0.25, 0.3) is 0 Å². The molecule has 1 saturated heterocycles. The van der Waals surface area contributed by atoms with Crippen molar-refractivity contribution in [3.63, 3.8) is 0 Å². The van der Waals surface area contributed by atoms with Gasteiger partial charge in [-0.25, -0.2) is 0 Å². The number of carboxylic acids is 1. The number of pyridine rings is 1. The standard InChI is InChI=1S/C20H25N3O3/c1-13-11-18(15(3)23(13)12-16-7-4-5-9-21-16)19(24)22-10-6-8-17(14(22)2)20(25)26/h4-5,7,9,11,14,17H,6,8,10,12H2,1-3H3,(H,25,26)/t14-,17-/m1/s1. The highest BCUT2D eigenvalue weighted by atomic mass is 16.4. The van der Waals surface area contributed by atoms with Crippen molar-refractivity contribution in [3.05, 3.63) is 53.1 Å². The molecule has 138 valence electrons. The lowest BCUT2D eigenvalue weighted by atomic mass is 9.90. The van der Waals surface area contributed by atoms with Gasteiger partial charge in [-0.1, -0.05) is 6.07 Å². The van der Waals surface area contributed by atoms with Crippen LogP contribution in [0.15, 0.2) is 30.5 Å². The van der Waals surface area contributed by atoms with Crippen molar-refractivity contribution < 1.29 is 14.7 Å². The molecule has 1 aliphatic rings. The number of carbonyl (C=O) groups excluding carboxylic acids is 1. The summed E-state index contributed by atoms with van der Waals surface area (Å²) in [5, 5.41) is 9.40. The van der Waals surface area contributed by atoms with Gasteiger partial charge in [-0.15, -0.1) is 0 Å². The summed E-state index contributed by atoms with van der Waals surface area (Å²) >= 11 is 0. The molecule has 0 unspecified atom stereocenters. The zero-order chi connectivity index (χ0) is 18.8. The van der Waals surface area contributed by atoms with E-state index in [1.807, 2.05) is 45.0 Å². The number of carbonyl (C=O) groups is 2. The lowest BCUT2D eigenvalue weighted by Crippen LogP contribution is -2.49. The number of amides is 1. The number of aryl methyl sites for hydroxylation is 1. The average Bonchev–Trinajstić information content (AvgIpc) is 2.90. The molecule has 0 aromatic carbocycles. The van der Waals surface area contributed by atoms with Crippen molar-refractivity contribution in [1.29, 1.82) is 0 Å². The molecule has 1 N–H and O–H groups in total. The fourth-order valence-electron chi connectivity index (χ4n) is 3.83. The van der Waals surface area contributed by atoms with E-state index in [9.17, 15) is 14.7 Å². The molecule has 0 spiro atoms. The second kappa shape index (κ2) is 7.32. The van der Waals surface area contributed by atoms with Crippen LogP contribution in [0, 0.1) is 19.8 Å². The van der Waals surface area contributed by atoms with E-state index >= 15 is 0 Å². The molecule has 1 fully saturated rings. The Labute approximate surface area is 153 Å². The number of piperidine rings is 1. The molecule has 3 heterocycles. The highest BCUT2D eigenvalue weighted by molar-refractivity contribution is 5.96. The lowest BCUT2D eigenvalue weighted by molar-refractivity contribution is -0.144. The van der Waals surface area contributed by atoms with Gasteiger partial charge in [0.1, 0.15) is 0 Å². The first-order valence-electron chi connectivity index (χ1n) is 9.00. The van der Waals surface area contributed by atoms with Gasteiger partial charge in [0.25, 0.3) is 5.91 Å². The van der Waals surface area contributed by atoms with Crippen LogP contribution < -0.4 is 0 Å². The maximum atomic E-state index is 13.1. The summed E-state index contributed by atoms with van der Waals surface area (Å²) in [5.41, 5.74) is 3.47. The third kappa shape index (κ3) is 3.36. The molecular formula is C20H25N3O3. The van der Waals surface area contributed by atoms with E-state index in [-0.39, 0.29) is 11.9 Å². The minimum Gasteiger partial charge on any atom is -0.481 e. The maximum absolute atomic E-state index is 13.1. The molecule has 0 saturated carbocycles. The fourth-order valence-corrected chi connectivity index (χ4v) is 3.83. The van der Waals surface area contributed by atoms with Gasteiger partial charge >= 0.3 is 5.97 Å². The number of rotatable bonds is 4. The Morgan fingerprint density at radius 2 is 2.08 bits per heavy atom. The first-order valence-corrected chi connectivity index (χ1v) is 9.00. The zero-order valence-corrected chi connectivity index (χ0v) is 15.5. The molecule has 2 aromatic heterocycles. The molecule has 2 aromatic rings. The third-order valence-electron chi connectivity index (χ3n) is 5.42. The van der Waals surface area contributed by atoms with E-state index in [4.69, 9.17) is 0 Å². The second-order valence-corrected chi connectivity index (χ2v) is 7.02. The normalized spacial score (nSPS) is 20.2.